The zero-order valence-corrected chi connectivity index (χ0v) is 18.8. The highest BCUT2D eigenvalue weighted by Gasteiger charge is 2.33. The molecule has 8 nitrogen and oxygen atoms in total. The van der Waals surface area contributed by atoms with E-state index in [-0.39, 0.29) is 20.2 Å². The first kappa shape index (κ1) is 22.4. The molecule has 0 unspecified atom stereocenters. The van der Waals surface area contributed by atoms with Gasteiger partial charge in [-0.05, 0) is 54.5 Å². The molecular formula is C20H25N3O5S2. The van der Waals surface area contributed by atoms with Gasteiger partial charge >= 0.3 is 5.00 Å². The second-order valence-corrected chi connectivity index (χ2v) is 11.4. The minimum atomic E-state index is -3.59. The first-order valence-electron chi connectivity index (χ1n) is 9.64. The van der Waals surface area contributed by atoms with Crippen LogP contribution in [0.2, 0.25) is 0 Å². The molecule has 0 aliphatic carbocycles. The van der Waals surface area contributed by atoms with E-state index in [4.69, 9.17) is 0 Å². The van der Waals surface area contributed by atoms with Gasteiger partial charge in [0.05, 0.1) is 14.7 Å². The lowest BCUT2D eigenvalue weighted by atomic mass is 9.76. The summed E-state index contributed by atoms with van der Waals surface area (Å²) in [4.78, 5) is 22.8. The number of carbonyl (C=O) groups is 1. The second-order valence-electron chi connectivity index (χ2n) is 8.42. The van der Waals surface area contributed by atoms with Gasteiger partial charge < -0.3 is 5.32 Å². The lowest BCUT2D eigenvalue weighted by Gasteiger charge is -2.38. The Hall–Kier alpha value is -2.30. The molecule has 1 aromatic carbocycles. The van der Waals surface area contributed by atoms with E-state index >= 15 is 0 Å². The highest BCUT2D eigenvalue weighted by molar-refractivity contribution is 7.89. The molecule has 0 atom stereocenters. The fraction of sp³-hybridized carbons (Fsp3) is 0.450. The second kappa shape index (κ2) is 8.44. The molecule has 162 valence electrons. The summed E-state index contributed by atoms with van der Waals surface area (Å²) in [6.07, 6.45) is 1.67. The fourth-order valence-electron chi connectivity index (χ4n) is 3.56. The standard InChI is InChI=1S/C20H25N3O5S2/c1-20(2,3)14-10-12-22(13-11-14)30(27,28)16-6-4-15(5-7-16)21-19(24)17-8-9-18(29-17)23(25)26/h4-9,14H,10-13H2,1-3H3,(H,21,24). The molecule has 0 radical (unpaired) electrons. The molecular weight excluding hydrogens is 426 g/mol. The van der Waals surface area contributed by atoms with E-state index in [1.165, 1.54) is 40.7 Å². The smallest absolute Gasteiger partial charge is 0.321 e. The molecule has 3 rings (SSSR count). The molecule has 1 amide bonds. The van der Waals surface area contributed by atoms with Crippen molar-refractivity contribution in [3.05, 3.63) is 51.4 Å². The van der Waals surface area contributed by atoms with Gasteiger partial charge in [-0.15, -0.1) is 0 Å². The Bertz CT molecular complexity index is 1030. The first-order valence-corrected chi connectivity index (χ1v) is 11.9. The maximum Gasteiger partial charge on any atom is 0.324 e. The number of hydrogen-bond donors (Lipinski definition) is 1. The van der Waals surface area contributed by atoms with Crippen molar-refractivity contribution in [1.82, 2.24) is 4.31 Å². The number of piperidine rings is 1. The Labute approximate surface area is 180 Å². The summed E-state index contributed by atoms with van der Waals surface area (Å²) < 4.78 is 27.4. The maximum atomic E-state index is 12.9. The Morgan fingerprint density at radius 2 is 1.73 bits per heavy atom. The molecule has 30 heavy (non-hydrogen) atoms. The average molecular weight is 452 g/mol. The van der Waals surface area contributed by atoms with E-state index in [2.05, 4.69) is 26.1 Å². The molecule has 1 N–H and O–H groups in total. The summed E-state index contributed by atoms with van der Waals surface area (Å²) >= 11 is 0.783. The van der Waals surface area contributed by atoms with Gasteiger partial charge in [-0.25, -0.2) is 8.42 Å². The molecule has 0 spiro atoms. The normalized spacial score (nSPS) is 16.4. The molecule has 0 saturated carbocycles. The number of carbonyl (C=O) groups excluding carboxylic acids is 1. The summed E-state index contributed by atoms with van der Waals surface area (Å²) in [6.45, 7) is 7.55. The number of anilines is 1. The van der Waals surface area contributed by atoms with Crippen LogP contribution < -0.4 is 5.32 Å². The van der Waals surface area contributed by atoms with Crippen LogP contribution in [0.1, 0.15) is 43.3 Å². The summed E-state index contributed by atoms with van der Waals surface area (Å²) in [7, 11) is -3.59. The molecule has 1 saturated heterocycles. The lowest BCUT2D eigenvalue weighted by molar-refractivity contribution is -0.380. The molecule has 2 heterocycles. The van der Waals surface area contributed by atoms with Crippen molar-refractivity contribution in [2.24, 2.45) is 11.3 Å². The number of nitrogens with one attached hydrogen (secondary N) is 1. The molecule has 2 aromatic rings. The highest BCUT2D eigenvalue weighted by Crippen LogP contribution is 2.35. The molecule has 0 bridgehead atoms. The van der Waals surface area contributed by atoms with Gasteiger partial charge in [0.2, 0.25) is 10.0 Å². The minimum Gasteiger partial charge on any atom is -0.321 e. The fourth-order valence-corrected chi connectivity index (χ4v) is 5.75. The quantitative estimate of drug-likeness (QED) is 0.537. The van der Waals surface area contributed by atoms with E-state index in [0.717, 1.165) is 24.2 Å². The summed E-state index contributed by atoms with van der Waals surface area (Å²) in [5.74, 6) is 0.0163. The van der Waals surface area contributed by atoms with Gasteiger partial charge in [0, 0.05) is 24.8 Å². The Morgan fingerprint density at radius 3 is 2.23 bits per heavy atom. The van der Waals surface area contributed by atoms with E-state index in [1.807, 2.05) is 0 Å². The van der Waals surface area contributed by atoms with Crippen LogP contribution in [0.15, 0.2) is 41.3 Å². The zero-order valence-electron chi connectivity index (χ0n) is 17.1. The predicted octanol–water partition coefficient (Wildman–Crippen LogP) is 4.36. The highest BCUT2D eigenvalue weighted by atomic mass is 32.2. The van der Waals surface area contributed by atoms with E-state index in [0.29, 0.717) is 24.7 Å². The molecule has 1 aliphatic rings. The van der Waals surface area contributed by atoms with Crippen LogP contribution in [0.25, 0.3) is 0 Å². The van der Waals surface area contributed by atoms with Gasteiger partial charge in [0.25, 0.3) is 5.91 Å². The number of rotatable bonds is 5. The number of nitro groups is 1. The van der Waals surface area contributed by atoms with Crippen LogP contribution in [-0.4, -0.2) is 36.6 Å². The van der Waals surface area contributed by atoms with E-state index < -0.39 is 20.9 Å². The van der Waals surface area contributed by atoms with Crippen LogP contribution in [0.5, 0.6) is 0 Å². The van der Waals surface area contributed by atoms with Crippen molar-refractivity contribution in [1.29, 1.82) is 0 Å². The van der Waals surface area contributed by atoms with Crippen molar-refractivity contribution in [3.63, 3.8) is 0 Å². The van der Waals surface area contributed by atoms with E-state index in [1.54, 1.807) is 0 Å². The minimum absolute atomic E-state index is 0.114. The Kier molecular flexibility index (Phi) is 6.30. The predicted molar refractivity (Wildman–Crippen MR) is 116 cm³/mol. The van der Waals surface area contributed by atoms with Crippen LogP contribution >= 0.6 is 11.3 Å². The summed E-state index contributed by atoms with van der Waals surface area (Å²) in [5.41, 5.74) is 0.583. The van der Waals surface area contributed by atoms with Crippen molar-refractivity contribution in [2.75, 3.05) is 18.4 Å². The molecule has 1 aromatic heterocycles. The third-order valence-corrected chi connectivity index (χ3v) is 8.37. The average Bonchev–Trinajstić information content (AvgIpc) is 3.19. The van der Waals surface area contributed by atoms with Crippen molar-refractivity contribution >= 4 is 38.0 Å². The van der Waals surface area contributed by atoms with Crippen molar-refractivity contribution < 1.29 is 18.1 Å². The number of benzene rings is 1. The van der Waals surface area contributed by atoms with Gasteiger partial charge in [0.15, 0.2) is 0 Å². The SMILES string of the molecule is CC(C)(C)C1CCN(S(=O)(=O)c2ccc(NC(=O)c3ccc([N+](=O)[O-])s3)cc2)CC1. The van der Waals surface area contributed by atoms with Gasteiger partial charge in [-0.1, -0.05) is 32.1 Å². The monoisotopic (exact) mass is 451 g/mol. The number of sulfonamides is 1. The molecule has 1 aliphatic heterocycles. The maximum absolute atomic E-state index is 12.9. The number of amides is 1. The largest absolute Gasteiger partial charge is 0.324 e. The Morgan fingerprint density at radius 1 is 1.13 bits per heavy atom. The topological polar surface area (TPSA) is 110 Å². The number of nitrogens with zero attached hydrogens (tertiary/aromatic N) is 2. The summed E-state index contributed by atoms with van der Waals surface area (Å²) in [6, 6.07) is 8.65. The van der Waals surface area contributed by atoms with Crippen LogP contribution in [0.3, 0.4) is 0 Å². The van der Waals surface area contributed by atoms with Crippen LogP contribution in [-0.2, 0) is 10.0 Å². The van der Waals surface area contributed by atoms with Crippen LogP contribution in [0.4, 0.5) is 10.7 Å². The van der Waals surface area contributed by atoms with Gasteiger partial charge in [0.1, 0.15) is 0 Å². The zero-order chi connectivity index (χ0) is 22.1. The lowest BCUT2D eigenvalue weighted by Crippen LogP contribution is -2.41. The van der Waals surface area contributed by atoms with Gasteiger partial charge in [-0.3, -0.25) is 14.9 Å². The van der Waals surface area contributed by atoms with Crippen LogP contribution in [0, 0.1) is 21.4 Å². The summed E-state index contributed by atoms with van der Waals surface area (Å²) in [5, 5.41) is 13.3. The van der Waals surface area contributed by atoms with E-state index in [9.17, 15) is 23.3 Å². The van der Waals surface area contributed by atoms with Crippen molar-refractivity contribution in [2.45, 2.75) is 38.5 Å². The van der Waals surface area contributed by atoms with Crippen molar-refractivity contribution in [3.8, 4) is 0 Å². The molecule has 1 fully saturated rings. The first-order chi connectivity index (χ1) is 14.0. The third kappa shape index (κ3) is 4.88. The Balaban J connectivity index is 1.66. The van der Waals surface area contributed by atoms with Gasteiger partial charge in [-0.2, -0.15) is 4.31 Å². The third-order valence-electron chi connectivity index (χ3n) is 5.42. The number of hydrogen-bond acceptors (Lipinski definition) is 6. The number of thiophene rings is 1. The molecule has 10 heteroatoms.